The van der Waals surface area contributed by atoms with Crippen molar-refractivity contribution in [2.75, 3.05) is 11.9 Å². The number of carboxylic acids is 1. The lowest BCUT2D eigenvalue weighted by molar-refractivity contribution is -0.132. The summed E-state index contributed by atoms with van der Waals surface area (Å²) >= 11 is 5.97. The molecule has 0 aromatic heterocycles. The molecule has 0 aliphatic carbocycles. The SMILES string of the molecule is C/C(=C/CNc1cc(C)ccc1Cl)C(=O)O. The van der Waals surface area contributed by atoms with E-state index in [9.17, 15) is 4.79 Å². The Morgan fingerprint density at radius 2 is 2.25 bits per heavy atom. The second kappa shape index (κ2) is 5.56. The van der Waals surface area contributed by atoms with Crippen molar-refractivity contribution in [1.82, 2.24) is 0 Å². The highest BCUT2D eigenvalue weighted by atomic mass is 35.5. The number of halogens is 1. The Kier molecular flexibility index (Phi) is 4.38. The molecule has 16 heavy (non-hydrogen) atoms. The van der Waals surface area contributed by atoms with Crippen LogP contribution in [0.25, 0.3) is 0 Å². The Labute approximate surface area is 99.7 Å². The molecule has 86 valence electrons. The Balaban J connectivity index is 2.65. The quantitative estimate of drug-likeness (QED) is 0.794. The van der Waals surface area contributed by atoms with Crippen molar-refractivity contribution in [2.45, 2.75) is 13.8 Å². The molecule has 0 saturated heterocycles. The molecule has 3 nitrogen and oxygen atoms in total. The van der Waals surface area contributed by atoms with E-state index in [0.717, 1.165) is 11.3 Å². The smallest absolute Gasteiger partial charge is 0.331 e. The predicted octanol–water partition coefficient (Wildman–Crippen LogP) is 3.09. The Hall–Kier alpha value is -1.48. The lowest BCUT2D eigenvalue weighted by Gasteiger charge is -2.07. The molecule has 0 heterocycles. The van der Waals surface area contributed by atoms with Gasteiger partial charge < -0.3 is 10.4 Å². The summed E-state index contributed by atoms with van der Waals surface area (Å²) in [6.45, 7) is 3.98. The van der Waals surface area contributed by atoms with E-state index in [-0.39, 0.29) is 0 Å². The van der Waals surface area contributed by atoms with Crippen LogP contribution in [0.4, 0.5) is 5.69 Å². The molecular weight excluding hydrogens is 226 g/mol. The van der Waals surface area contributed by atoms with E-state index in [1.165, 1.54) is 0 Å². The summed E-state index contributed by atoms with van der Waals surface area (Å²) < 4.78 is 0. The van der Waals surface area contributed by atoms with Gasteiger partial charge in [-0.15, -0.1) is 0 Å². The maximum absolute atomic E-state index is 10.5. The van der Waals surface area contributed by atoms with E-state index in [4.69, 9.17) is 16.7 Å². The van der Waals surface area contributed by atoms with Crippen molar-refractivity contribution in [3.05, 3.63) is 40.4 Å². The van der Waals surface area contributed by atoms with Crippen molar-refractivity contribution in [3.8, 4) is 0 Å². The van der Waals surface area contributed by atoms with Gasteiger partial charge in [-0.3, -0.25) is 0 Å². The monoisotopic (exact) mass is 239 g/mol. The highest BCUT2D eigenvalue weighted by Gasteiger charge is 2.00. The van der Waals surface area contributed by atoms with Gasteiger partial charge in [-0.2, -0.15) is 0 Å². The predicted molar refractivity (Wildman–Crippen MR) is 66.1 cm³/mol. The molecule has 4 heteroatoms. The Bertz CT molecular complexity index is 427. The first-order chi connectivity index (χ1) is 7.50. The van der Waals surface area contributed by atoms with Gasteiger partial charge in [-0.25, -0.2) is 4.79 Å². The summed E-state index contributed by atoms with van der Waals surface area (Å²) in [5.74, 6) is -0.905. The van der Waals surface area contributed by atoms with E-state index in [2.05, 4.69) is 5.32 Å². The van der Waals surface area contributed by atoms with Gasteiger partial charge in [0.15, 0.2) is 0 Å². The van der Waals surface area contributed by atoms with Gasteiger partial charge in [0.05, 0.1) is 10.7 Å². The number of anilines is 1. The minimum atomic E-state index is -0.905. The third-order valence-electron chi connectivity index (χ3n) is 2.16. The standard InChI is InChI=1S/C12H14ClNO2/c1-8-3-4-10(13)11(7-8)14-6-5-9(2)12(15)16/h3-5,7,14H,6H2,1-2H3,(H,15,16)/b9-5-. The molecule has 0 unspecified atom stereocenters. The molecule has 1 rings (SSSR count). The van der Waals surface area contributed by atoms with Gasteiger partial charge in [0, 0.05) is 12.1 Å². The summed E-state index contributed by atoms with van der Waals surface area (Å²) in [7, 11) is 0. The van der Waals surface area contributed by atoms with Crippen LogP contribution in [0, 0.1) is 6.92 Å². The summed E-state index contributed by atoms with van der Waals surface area (Å²) in [6, 6.07) is 5.66. The molecule has 0 amide bonds. The molecule has 1 aromatic rings. The molecule has 0 fully saturated rings. The van der Waals surface area contributed by atoms with Crippen LogP contribution >= 0.6 is 11.6 Å². The van der Waals surface area contributed by atoms with Gasteiger partial charge in [0.25, 0.3) is 0 Å². The molecule has 1 aromatic carbocycles. The topological polar surface area (TPSA) is 49.3 Å². The molecule has 0 aliphatic rings. The molecule has 0 atom stereocenters. The number of carboxylic acid groups (broad SMARTS) is 1. The second-order valence-corrected chi connectivity index (χ2v) is 3.96. The van der Waals surface area contributed by atoms with E-state index in [1.54, 1.807) is 13.0 Å². The highest BCUT2D eigenvalue weighted by Crippen LogP contribution is 2.22. The van der Waals surface area contributed by atoms with Crippen LogP contribution in [-0.4, -0.2) is 17.6 Å². The van der Waals surface area contributed by atoms with Crippen LogP contribution in [0.3, 0.4) is 0 Å². The number of nitrogens with one attached hydrogen (secondary N) is 1. The second-order valence-electron chi connectivity index (χ2n) is 3.56. The van der Waals surface area contributed by atoms with Crippen LogP contribution in [0.1, 0.15) is 12.5 Å². The van der Waals surface area contributed by atoms with Gasteiger partial charge in [-0.1, -0.05) is 23.7 Å². The number of aliphatic carboxylic acids is 1. The van der Waals surface area contributed by atoms with E-state index in [1.807, 2.05) is 25.1 Å². The van der Waals surface area contributed by atoms with Crippen LogP contribution in [0.5, 0.6) is 0 Å². The van der Waals surface area contributed by atoms with Crippen molar-refractivity contribution >= 4 is 23.3 Å². The fraction of sp³-hybridized carbons (Fsp3) is 0.250. The number of rotatable bonds is 4. The van der Waals surface area contributed by atoms with Crippen LogP contribution in [0.2, 0.25) is 5.02 Å². The first kappa shape index (κ1) is 12.6. The largest absolute Gasteiger partial charge is 0.478 e. The minimum Gasteiger partial charge on any atom is -0.478 e. The molecule has 0 bridgehead atoms. The third kappa shape index (κ3) is 3.59. The fourth-order valence-electron chi connectivity index (χ4n) is 1.18. The van der Waals surface area contributed by atoms with E-state index >= 15 is 0 Å². The zero-order chi connectivity index (χ0) is 12.1. The normalized spacial score (nSPS) is 11.3. The summed E-state index contributed by atoms with van der Waals surface area (Å²) in [5.41, 5.74) is 2.23. The van der Waals surface area contributed by atoms with Crippen molar-refractivity contribution in [2.24, 2.45) is 0 Å². The zero-order valence-electron chi connectivity index (χ0n) is 9.25. The van der Waals surface area contributed by atoms with Crippen molar-refractivity contribution in [1.29, 1.82) is 0 Å². The highest BCUT2D eigenvalue weighted by molar-refractivity contribution is 6.33. The number of carbonyl (C=O) groups is 1. The van der Waals surface area contributed by atoms with Crippen LogP contribution in [-0.2, 0) is 4.79 Å². The zero-order valence-corrected chi connectivity index (χ0v) is 10.0. The Morgan fingerprint density at radius 3 is 2.88 bits per heavy atom. The number of hydrogen-bond donors (Lipinski definition) is 2. The van der Waals surface area contributed by atoms with Crippen molar-refractivity contribution < 1.29 is 9.90 Å². The molecule has 0 radical (unpaired) electrons. The van der Waals surface area contributed by atoms with Gasteiger partial charge >= 0.3 is 5.97 Å². The number of aryl methyl sites for hydroxylation is 1. The first-order valence-electron chi connectivity index (χ1n) is 4.91. The number of hydrogen-bond acceptors (Lipinski definition) is 2. The molecule has 0 saturated carbocycles. The summed E-state index contributed by atoms with van der Waals surface area (Å²) in [4.78, 5) is 10.5. The lowest BCUT2D eigenvalue weighted by Crippen LogP contribution is -2.03. The number of benzene rings is 1. The van der Waals surface area contributed by atoms with E-state index in [0.29, 0.717) is 17.1 Å². The maximum Gasteiger partial charge on any atom is 0.331 e. The molecule has 0 aliphatic heterocycles. The van der Waals surface area contributed by atoms with Crippen LogP contribution < -0.4 is 5.32 Å². The summed E-state index contributed by atoms with van der Waals surface area (Å²) in [6.07, 6.45) is 1.61. The molecule has 2 N–H and O–H groups in total. The first-order valence-corrected chi connectivity index (χ1v) is 5.28. The van der Waals surface area contributed by atoms with Crippen molar-refractivity contribution in [3.63, 3.8) is 0 Å². The average Bonchev–Trinajstić information content (AvgIpc) is 2.22. The molecular formula is C12H14ClNO2. The Morgan fingerprint density at radius 1 is 1.56 bits per heavy atom. The lowest BCUT2D eigenvalue weighted by atomic mass is 10.2. The fourth-order valence-corrected chi connectivity index (χ4v) is 1.36. The van der Waals surface area contributed by atoms with E-state index < -0.39 is 5.97 Å². The molecule has 0 spiro atoms. The maximum atomic E-state index is 10.5. The van der Waals surface area contributed by atoms with Crippen LogP contribution in [0.15, 0.2) is 29.8 Å². The third-order valence-corrected chi connectivity index (χ3v) is 2.49. The van der Waals surface area contributed by atoms with Gasteiger partial charge in [0.2, 0.25) is 0 Å². The van der Waals surface area contributed by atoms with Gasteiger partial charge in [0.1, 0.15) is 0 Å². The average molecular weight is 240 g/mol. The minimum absolute atomic E-state index is 0.316. The summed E-state index contributed by atoms with van der Waals surface area (Å²) in [5, 5.41) is 12.4. The van der Waals surface area contributed by atoms with Gasteiger partial charge in [-0.05, 0) is 31.5 Å².